The van der Waals surface area contributed by atoms with Crippen LogP contribution in [0, 0.1) is 0 Å². The summed E-state index contributed by atoms with van der Waals surface area (Å²) >= 11 is 1.44. The van der Waals surface area contributed by atoms with Gasteiger partial charge < -0.3 is 14.8 Å². The molecule has 8 nitrogen and oxygen atoms in total. The maximum atomic E-state index is 5.94. The monoisotopic (exact) mass is 440 g/mol. The molecule has 3 heterocycles. The number of nitrogens with one attached hydrogen (secondary N) is 1. The average Bonchev–Trinajstić information content (AvgIpc) is 3.42. The van der Waals surface area contributed by atoms with E-state index in [9.17, 15) is 0 Å². The normalized spacial score (nSPS) is 16.7. The van der Waals surface area contributed by atoms with Gasteiger partial charge in [-0.3, -0.25) is 9.88 Å². The molecule has 0 unspecified atom stereocenters. The zero-order valence-corrected chi connectivity index (χ0v) is 18.9. The van der Waals surface area contributed by atoms with E-state index in [1.54, 1.807) is 18.8 Å². The third-order valence-electron chi connectivity index (χ3n) is 5.13. The summed E-state index contributed by atoms with van der Waals surface area (Å²) in [4.78, 5) is 11.7. The molecule has 0 amide bonds. The molecule has 0 bridgehead atoms. The van der Waals surface area contributed by atoms with Gasteiger partial charge in [0.1, 0.15) is 11.3 Å². The van der Waals surface area contributed by atoms with Crippen molar-refractivity contribution >= 4 is 22.3 Å². The number of ether oxygens (including phenoxy) is 2. The summed E-state index contributed by atoms with van der Waals surface area (Å²) < 4.78 is 11.3. The first-order valence-corrected chi connectivity index (χ1v) is 11.4. The molecule has 1 N–H and O–H groups in total. The fraction of sp³-hybridized carbons (Fsp3) is 0.455. The second-order valence-corrected chi connectivity index (χ2v) is 8.70. The Balaban J connectivity index is 1.49. The lowest BCUT2D eigenvalue weighted by Gasteiger charge is -2.25. The van der Waals surface area contributed by atoms with Crippen molar-refractivity contribution in [2.24, 2.45) is 0 Å². The van der Waals surface area contributed by atoms with Crippen LogP contribution in [0.25, 0.3) is 0 Å². The molecule has 1 saturated heterocycles. The van der Waals surface area contributed by atoms with Crippen LogP contribution in [0.5, 0.6) is 5.75 Å². The number of hydrogen-bond acceptors (Lipinski definition) is 9. The van der Waals surface area contributed by atoms with Crippen LogP contribution in [0.4, 0.5) is 10.9 Å². The second kappa shape index (κ2) is 10.1. The maximum absolute atomic E-state index is 5.94. The zero-order valence-electron chi connectivity index (χ0n) is 18.1. The summed E-state index contributed by atoms with van der Waals surface area (Å²) in [5.74, 6) is 1.58. The fourth-order valence-corrected chi connectivity index (χ4v) is 4.34. The Morgan fingerprint density at radius 1 is 1.29 bits per heavy atom. The number of nitrogens with zero attached hydrogens (tertiary/aromatic N) is 5. The predicted molar refractivity (Wildman–Crippen MR) is 121 cm³/mol. The molecular formula is C22H28N6O2S. The Kier molecular flexibility index (Phi) is 7.06. The smallest absolute Gasteiger partial charge is 0.211 e. The summed E-state index contributed by atoms with van der Waals surface area (Å²) in [5.41, 5.74) is 4.98. The molecule has 1 aliphatic rings. The van der Waals surface area contributed by atoms with Gasteiger partial charge in [0.2, 0.25) is 5.13 Å². The van der Waals surface area contributed by atoms with E-state index in [4.69, 9.17) is 14.5 Å². The number of anilines is 2. The summed E-state index contributed by atoms with van der Waals surface area (Å²) in [6.45, 7) is 6.48. The summed E-state index contributed by atoms with van der Waals surface area (Å²) in [5, 5.41) is 11.8. The second-order valence-electron chi connectivity index (χ2n) is 7.87. The Bertz CT molecular complexity index is 982. The Labute approximate surface area is 186 Å². The SMILES string of the molecule is COCc1cc(CN2CCC[C@H]2c2cncc(Nc3nncs3)n2)ccc1OC(C)C. The summed E-state index contributed by atoms with van der Waals surface area (Å²) in [6, 6.07) is 6.63. The zero-order chi connectivity index (χ0) is 21.6. The van der Waals surface area contributed by atoms with E-state index in [-0.39, 0.29) is 12.1 Å². The van der Waals surface area contributed by atoms with Crippen molar-refractivity contribution < 1.29 is 9.47 Å². The van der Waals surface area contributed by atoms with Crippen molar-refractivity contribution in [1.82, 2.24) is 25.1 Å². The highest BCUT2D eigenvalue weighted by molar-refractivity contribution is 7.13. The fourth-order valence-electron chi connectivity index (χ4n) is 3.89. The van der Waals surface area contributed by atoms with E-state index >= 15 is 0 Å². The molecule has 0 aliphatic carbocycles. The van der Waals surface area contributed by atoms with Crippen molar-refractivity contribution in [3.8, 4) is 5.75 Å². The molecule has 4 rings (SSSR count). The van der Waals surface area contributed by atoms with Crippen LogP contribution in [0.1, 0.15) is 49.6 Å². The number of aromatic nitrogens is 4. The van der Waals surface area contributed by atoms with Crippen molar-refractivity contribution in [2.45, 2.75) is 52.0 Å². The van der Waals surface area contributed by atoms with Gasteiger partial charge >= 0.3 is 0 Å². The van der Waals surface area contributed by atoms with Gasteiger partial charge in [0.05, 0.1) is 36.8 Å². The number of benzene rings is 1. The van der Waals surface area contributed by atoms with E-state index in [1.807, 2.05) is 20.0 Å². The van der Waals surface area contributed by atoms with Crippen LogP contribution in [-0.4, -0.2) is 44.8 Å². The molecule has 164 valence electrons. The predicted octanol–water partition coefficient (Wildman–Crippen LogP) is 4.34. The molecule has 0 radical (unpaired) electrons. The first-order valence-electron chi connectivity index (χ1n) is 10.5. The van der Waals surface area contributed by atoms with Gasteiger partial charge in [-0.05, 0) is 50.9 Å². The van der Waals surface area contributed by atoms with Crippen molar-refractivity contribution in [2.75, 3.05) is 19.0 Å². The Hall–Kier alpha value is -2.62. The molecule has 31 heavy (non-hydrogen) atoms. The largest absolute Gasteiger partial charge is 0.491 e. The Morgan fingerprint density at radius 2 is 2.19 bits per heavy atom. The van der Waals surface area contributed by atoms with Crippen LogP contribution < -0.4 is 10.1 Å². The molecular weight excluding hydrogens is 412 g/mol. The minimum absolute atomic E-state index is 0.129. The topological polar surface area (TPSA) is 85.3 Å². The molecule has 1 aromatic carbocycles. The highest BCUT2D eigenvalue weighted by atomic mass is 32.1. The van der Waals surface area contributed by atoms with Crippen LogP contribution in [-0.2, 0) is 17.9 Å². The standard InChI is InChI=1S/C22H28N6O2S/c1-15(2)30-20-7-6-16(9-17(20)13-29-3)12-28-8-4-5-19(28)18-10-23-11-21(25-18)26-22-27-24-14-31-22/h6-7,9-11,14-15,19H,4-5,8,12-13H2,1-3H3,(H,25,26,27)/t19-/m0/s1. The van der Waals surface area contributed by atoms with E-state index < -0.39 is 0 Å². The first kappa shape index (κ1) is 21.6. The number of rotatable bonds is 9. The number of methoxy groups -OCH3 is 1. The highest BCUT2D eigenvalue weighted by Crippen LogP contribution is 2.33. The van der Waals surface area contributed by atoms with E-state index in [2.05, 4.69) is 43.6 Å². The van der Waals surface area contributed by atoms with Crippen LogP contribution in [0.3, 0.4) is 0 Å². The van der Waals surface area contributed by atoms with Crippen molar-refractivity contribution in [3.05, 3.63) is 52.9 Å². The summed E-state index contributed by atoms with van der Waals surface area (Å²) in [7, 11) is 1.71. The van der Waals surface area contributed by atoms with Gasteiger partial charge in [-0.2, -0.15) is 0 Å². The van der Waals surface area contributed by atoms with E-state index in [0.717, 1.165) is 42.9 Å². The summed E-state index contributed by atoms with van der Waals surface area (Å²) in [6.07, 6.45) is 5.92. The van der Waals surface area contributed by atoms with Gasteiger partial charge in [0.25, 0.3) is 0 Å². The third-order valence-corrected chi connectivity index (χ3v) is 5.73. The van der Waals surface area contributed by atoms with Gasteiger partial charge in [-0.1, -0.05) is 17.4 Å². The number of hydrogen-bond donors (Lipinski definition) is 1. The van der Waals surface area contributed by atoms with Gasteiger partial charge in [0, 0.05) is 19.2 Å². The van der Waals surface area contributed by atoms with E-state index in [0.29, 0.717) is 17.6 Å². The van der Waals surface area contributed by atoms with Crippen LogP contribution in [0.2, 0.25) is 0 Å². The van der Waals surface area contributed by atoms with Crippen molar-refractivity contribution in [3.63, 3.8) is 0 Å². The third kappa shape index (κ3) is 5.55. The minimum atomic E-state index is 0.129. The lowest BCUT2D eigenvalue weighted by atomic mass is 10.1. The van der Waals surface area contributed by atoms with Gasteiger partial charge in [-0.15, -0.1) is 10.2 Å². The van der Waals surface area contributed by atoms with Crippen LogP contribution >= 0.6 is 11.3 Å². The highest BCUT2D eigenvalue weighted by Gasteiger charge is 2.28. The molecule has 0 saturated carbocycles. The lowest BCUT2D eigenvalue weighted by molar-refractivity contribution is 0.174. The quantitative estimate of drug-likeness (QED) is 0.526. The molecule has 9 heteroatoms. The lowest BCUT2D eigenvalue weighted by Crippen LogP contribution is -2.24. The Morgan fingerprint density at radius 3 is 2.97 bits per heavy atom. The molecule has 1 atom stereocenters. The molecule has 1 fully saturated rings. The van der Waals surface area contributed by atoms with E-state index in [1.165, 1.54) is 16.9 Å². The van der Waals surface area contributed by atoms with Gasteiger partial charge in [0.15, 0.2) is 5.82 Å². The van der Waals surface area contributed by atoms with Gasteiger partial charge in [-0.25, -0.2) is 4.98 Å². The van der Waals surface area contributed by atoms with Crippen molar-refractivity contribution in [1.29, 1.82) is 0 Å². The number of likely N-dealkylation sites (tertiary alicyclic amines) is 1. The minimum Gasteiger partial charge on any atom is -0.491 e. The first-order chi connectivity index (χ1) is 15.1. The average molecular weight is 441 g/mol. The molecule has 2 aromatic heterocycles. The molecule has 3 aromatic rings. The molecule has 0 spiro atoms. The molecule has 1 aliphatic heterocycles. The maximum Gasteiger partial charge on any atom is 0.211 e. The van der Waals surface area contributed by atoms with Crippen LogP contribution in [0.15, 0.2) is 36.1 Å².